The van der Waals surface area contributed by atoms with Gasteiger partial charge in [-0.2, -0.15) is 10.1 Å². The molecule has 1 aromatic carbocycles. The number of carbonyl (C=O) groups is 1. The molecule has 4 heterocycles. The van der Waals surface area contributed by atoms with Crippen LogP contribution in [0.15, 0.2) is 64.6 Å². The number of amidine groups is 1. The maximum Gasteiger partial charge on any atom is 0.321 e. The Morgan fingerprint density at radius 1 is 1.21 bits per heavy atom. The van der Waals surface area contributed by atoms with E-state index in [1.54, 1.807) is 16.8 Å². The van der Waals surface area contributed by atoms with Crippen molar-refractivity contribution in [2.24, 2.45) is 4.99 Å². The lowest BCUT2D eigenvalue weighted by molar-refractivity contribution is 0.0564. The van der Waals surface area contributed by atoms with Gasteiger partial charge in [-0.1, -0.05) is 0 Å². The number of anilines is 2. The summed E-state index contributed by atoms with van der Waals surface area (Å²) in [7, 11) is 0. The molecule has 2 fully saturated rings. The third kappa shape index (κ3) is 4.67. The Balaban J connectivity index is 1.11. The van der Waals surface area contributed by atoms with E-state index < -0.39 is 0 Å². The molecule has 1 radical (unpaired) electrons. The predicted molar refractivity (Wildman–Crippen MR) is 131 cm³/mol. The maximum absolute atomic E-state index is 12.4. The van der Waals surface area contributed by atoms with Crippen molar-refractivity contribution in [3.05, 3.63) is 60.4 Å². The van der Waals surface area contributed by atoms with Gasteiger partial charge in [-0.05, 0) is 54.0 Å². The van der Waals surface area contributed by atoms with Crippen LogP contribution in [-0.4, -0.2) is 64.1 Å². The second-order valence-corrected chi connectivity index (χ2v) is 9.68. The number of aromatic amines is 1. The molecule has 4 aliphatic rings. The van der Waals surface area contributed by atoms with E-state index in [1.165, 1.54) is 18.5 Å². The molecule has 2 amide bonds. The van der Waals surface area contributed by atoms with E-state index in [4.69, 9.17) is 4.74 Å². The van der Waals surface area contributed by atoms with Crippen LogP contribution in [0.2, 0.25) is 0 Å². The Kier molecular flexibility index (Phi) is 5.73. The van der Waals surface area contributed by atoms with Gasteiger partial charge < -0.3 is 15.0 Å². The Hall–Kier alpha value is -3.28. The average molecular weight is 479 g/mol. The zero-order valence-corrected chi connectivity index (χ0v) is 19.4. The Morgan fingerprint density at radius 2 is 2.03 bits per heavy atom. The molecule has 3 N–H and O–H groups in total. The van der Waals surface area contributed by atoms with E-state index in [9.17, 15) is 4.79 Å². The summed E-state index contributed by atoms with van der Waals surface area (Å²) in [6.45, 7) is 3.08. The fraction of sp³-hybridized carbons (Fsp3) is 0.348. The number of amides is 2. The number of hydrogen-bond acceptors (Lipinski definition) is 8. The van der Waals surface area contributed by atoms with Gasteiger partial charge in [0.15, 0.2) is 12.0 Å². The van der Waals surface area contributed by atoms with Crippen molar-refractivity contribution in [1.82, 2.24) is 24.3 Å². The van der Waals surface area contributed by atoms with Crippen LogP contribution in [0.4, 0.5) is 16.3 Å². The molecule has 11 heteroatoms. The zero-order valence-electron chi connectivity index (χ0n) is 18.6. The minimum Gasteiger partial charge on any atom is -0.378 e. The van der Waals surface area contributed by atoms with Crippen LogP contribution in [0.5, 0.6) is 0 Å². The van der Waals surface area contributed by atoms with Gasteiger partial charge in [0.2, 0.25) is 0 Å². The first-order valence-corrected chi connectivity index (χ1v) is 12.2. The van der Waals surface area contributed by atoms with Gasteiger partial charge in [0, 0.05) is 41.4 Å². The summed E-state index contributed by atoms with van der Waals surface area (Å²) in [6.07, 6.45) is 8.30. The van der Waals surface area contributed by atoms with Gasteiger partial charge in [-0.25, -0.2) is 4.79 Å². The Morgan fingerprint density at radius 3 is 2.82 bits per heavy atom. The lowest BCUT2D eigenvalue weighted by Gasteiger charge is -2.27. The smallest absolute Gasteiger partial charge is 0.321 e. The van der Waals surface area contributed by atoms with Crippen molar-refractivity contribution in [2.75, 3.05) is 43.5 Å². The fourth-order valence-corrected chi connectivity index (χ4v) is 4.91. The second-order valence-electron chi connectivity index (χ2n) is 8.56. The molecule has 1 saturated carbocycles. The number of fused-ring (bicyclic) bond motifs is 1. The molecule has 0 spiro atoms. The molecule has 1 saturated heterocycles. The third-order valence-electron chi connectivity index (χ3n) is 6.04. The fourth-order valence-electron chi connectivity index (χ4n) is 4.04. The van der Waals surface area contributed by atoms with Gasteiger partial charge in [0.25, 0.3) is 11.7 Å². The standard InChI is InChI=1S/C23H26N8O2S/c32-23(29-9-11-33-12-10-29)25-17-3-5-18(6-4-17)34-30-14-21-24-7-8-31(21)22(15-30)26-20-13-19(27-28-20)16-1-2-16/h3-8,13,15-16H,1-2,9-12,14H2,(H,25,32)(H2,26,27,28)/q+1. The number of urea groups is 1. The van der Waals surface area contributed by atoms with Crippen molar-refractivity contribution >= 4 is 35.3 Å². The van der Waals surface area contributed by atoms with Crippen LogP contribution in [0, 0.1) is 0 Å². The van der Waals surface area contributed by atoms with Crippen molar-refractivity contribution in [2.45, 2.75) is 23.7 Å². The number of nitrogens with zero attached hydrogens (tertiary/aromatic N) is 5. The Labute approximate surface area is 201 Å². The normalized spacial score (nSPS) is 20.1. The number of hydrogen-bond donors (Lipinski definition) is 3. The highest BCUT2D eigenvalue weighted by atomic mass is 32.2. The lowest BCUT2D eigenvalue weighted by Crippen LogP contribution is -2.43. The van der Waals surface area contributed by atoms with Crippen molar-refractivity contribution in [3.8, 4) is 0 Å². The summed E-state index contributed by atoms with van der Waals surface area (Å²) in [4.78, 5) is 21.8. The van der Waals surface area contributed by atoms with E-state index in [1.807, 2.05) is 41.6 Å². The number of ether oxygens (including phenoxy) is 1. The van der Waals surface area contributed by atoms with Crippen LogP contribution in [0.1, 0.15) is 24.5 Å². The molecule has 0 atom stereocenters. The molecular formula is C23H26N8O2S+. The summed E-state index contributed by atoms with van der Waals surface area (Å²) in [5.41, 5.74) is 1.97. The van der Waals surface area contributed by atoms with E-state index in [0.29, 0.717) is 38.8 Å². The number of aliphatic imine (C=N–C) groups is 1. The summed E-state index contributed by atoms with van der Waals surface area (Å²) < 4.78 is 7.45. The largest absolute Gasteiger partial charge is 0.378 e. The summed E-state index contributed by atoms with van der Waals surface area (Å²) in [5.74, 6) is 3.28. The van der Waals surface area contributed by atoms with Gasteiger partial charge in [-0.15, -0.1) is 0 Å². The van der Waals surface area contributed by atoms with Crippen molar-refractivity contribution < 1.29 is 9.53 Å². The van der Waals surface area contributed by atoms with Gasteiger partial charge in [0.05, 0.1) is 25.6 Å². The van der Waals surface area contributed by atoms with Crippen molar-refractivity contribution in [3.63, 3.8) is 0 Å². The number of morpholine rings is 1. The number of nitrogens with one attached hydrogen (secondary N) is 3. The monoisotopic (exact) mass is 478 g/mol. The number of rotatable bonds is 6. The predicted octanol–water partition coefficient (Wildman–Crippen LogP) is 3.41. The average Bonchev–Trinajstić information content (AvgIpc) is 3.41. The number of aromatic nitrogens is 2. The highest BCUT2D eigenvalue weighted by molar-refractivity contribution is 7.97. The molecular weight excluding hydrogens is 452 g/mol. The molecule has 10 nitrogen and oxygen atoms in total. The number of H-pyrrole nitrogens is 1. The van der Waals surface area contributed by atoms with Crippen LogP contribution in [-0.2, 0) is 4.74 Å². The maximum atomic E-state index is 12.4. The first-order valence-electron chi connectivity index (χ1n) is 11.5. The van der Waals surface area contributed by atoms with Crippen LogP contribution in [0.25, 0.3) is 0 Å². The van der Waals surface area contributed by atoms with Gasteiger partial charge in [-0.3, -0.25) is 14.7 Å². The highest BCUT2D eigenvalue weighted by Crippen LogP contribution is 2.39. The lowest BCUT2D eigenvalue weighted by atomic mass is 10.3. The highest BCUT2D eigenvalue weighted by Gasteiger charge is 2.38. The minimum atomic E-state index is -0.0894. The van der Waals surface area contributed by atoms with E-state index in [0.717, 1.165) is 28.1 Å². The van der Waals surface area contributed by atoms with Gasteiger partial charge >= 0.3 is 6.03 Å². The quantitative estimate of drug-likeness (QED) is 0.434. The summed E-state index contributed by atoms with van der Waals surface area (Å²) in [5, 5.41) is 14.0. The second kappa shape index (κ2) is 9.16. The number of carbonyl (C=O) groups excluding carboxylic acids is 1. The van der Waals surface area contributed by atoms with Crippen LogP contribution in [0.3, 0.4) is 0 Å². The molecule has 2 aromatic rings. The topological polar surface area (TPSA) is 104 Å². The zero-order chi connectivity index (χ0) is 22.9. The molecule has 34 heavy (non-hydrogen) atoms. The molecule has 0 bridgehead atoms. The van der Waals surface area contributed by atoms with Crippen LogP contribution >= 0.6 is 11.9 Å². The molecule has 3 aliphatic heterocycles. The van der Waals surface area contributed by atoms with Crippen LogP contribution < -0.4 is 15.5 Å². The van der Waals surface area contributed by atoms with Gasteiger partial charge in [0.1, 0.15) is 6.54 Å². The first kappa shape index (κ1) is 21.3. The Bertz CT molecular complexity index is 1150. The molecule has 175 valence electrons. The third-order valence-corrected chi connectivity index (χ3v) is 6.99. The molecule has 1 aromatic heterocycles. The first-order chi connectivity index (χ1) is 16.7. The van der Waals surface area contributed by atoms with E-state index in [2.05, 4.69) is 42.4 Å². The van der Waals surface area contributed by atoms with E-state index in [-0.39, 0.29) is 6.03 Å². The molecule has 6 rings (SSSR count). The minimum absolute atomic E-state index is 0.0894. The SMILES string of the molecule is O=C(Nc1ccc(SN2C=C(Nc3cc(C4CC4)[nH]n3)[N+]3C=CN=C3C2)cc1)N1CCOCC1. The molecule has 1 aliphatic carbocycles. The molecule has 0 unspecified atom stereocenters. The van der Waals surface area contributed by atoms with E-state index >= 15 is 0 Å². The summed E-state index contributed by atoms with van der Waals surface area (Å²) in [6, 6.07) is 9.88. The number of benzene rings is 1. The summed E-state index contributed by atoms with van der Waals surface area (Å²) >= 11 is 1.62. The van der Waals surface area contributed by atoms with Crippen molar-refractivity contribution in [1.29, 1.82) is 0 Å².